The van der Waals surface area contributed by atoms with Gasteiger partial charge in [-0.15, -0.1) is 0 Å². The molecule has 5 rings (SSSR count). The second kappa shape index (κ2) is 10.8. The van der Waals surface area contributed by atoms with Crippen LogP contribution in [0.1, 0.15) is 63.9 Å². The average Bonchev–Trinajstić information content (AvgIpc) is 3.41. The Morgan fingerprint density at radius 3 is 2.51 bits per heavy atom. The van der Waals surface area contributed by atoms with E-state index in [1.54, 1.807) is 18.0 Å². The molecule has 0 unspecified atom stereocenters. The highest BCUT2D eigenvalue weighted by atomic mass is 19.1. The molecule has 2 amide bonds. The second-order valence-electron chi connectivity index (χ2n) is 10.5. The summed E-state index contributed by atoms with van der Waals surface area (Å²) in [5.41, 5.74) is 0.262. The number of halogens is 2. The molecule has 2 saturated carbocycles. The zero-order valence-corrected chi connectivity index (χ0v) is 21.8. The highest BCUT2D eigenvalue weighted by Gasteiger charge is 2.40. The minimum Gasteiger partial charge on any atom is -0.491 e. The zero-order chi connectivity index (χ0) is 26.1. The van der Waals surface area contributed by atoms with Crippen LogP contribution >= 0.6 is 0 Å². The van der Waals surface area contributed by atoms with Crippen LogP contribution in [0.15, 0.2) is 18.3 Å². The number of nitrogens with one attached hydrogen (secondary N) is 1. The van der Waals surface area contributed by atoms with Gasteiger partial charge in [0.05, 0.1) is 13.2 Å². The molecule has 2 fully saturated rings. The third kappa shape index (κ3) is 5.08. The molecular weight excluding hydrogens is 478 g/mol. The number of hydrogen-bond acceptors (Lipinski definition) is 6. The van der Waals surface area contributed by atoms with E-state index in [-0.39, 0.29) is 31.0 Å². The molecule has 0 bridgehead atoms. The van der Waals surface area contributed by atoms with E-state index in [0.29, 0.717) is 23.4 Å². The fourth-order valence-corrected chi connectivity index (χ4v) is 5.87. The Morgan fingerprint density at radius 2 is 1.84 bits per heavy atom. The number of benzene rings is 1. The predicted octanol–water partition coefficient (Wildman–Crippen LogP) is 5.33. The Morgan fingerprint density at radius 1 is 1.11 bits per heavy atom. The average molecular weight is 515 g/mol. The van der Waals surface area contributed by atoms with Crippen molar-refractivity contribution in [3.63, 3.8) is 0 Å². The topological polar surface area (TPSA) is 73.8 Å². The van der Waals surface area contributed by atoms with Gasteiger partial charge in [0.2, 0.25) is 5.95 Å². The summed E-state index contributed by atoms with van der Waals surface area (Å²) in [6.45, 7) is 1.94. The highest BCUT2D eigenvalue weighted by molar-refractivity contribution is 6.06. The largest absolute Gasteiger partial charge is 0.491 e. The molecule has 1 N–H and O–H groups in total. The third-order valence-corrected chi connectivity index (χ3v) is 7.89. The van der Waals surface area contributed by atoms with Crippen molar-refractivity contribution in [3.05, 3.63) is 35.5 Å². The lowest BCUT2D eigenvalue weighted by Gasteiger charge is -2.39. The standard InChI is InChI=1S/C27H36F2N6O2/c1-4-37-22-14-13-21(28)24(23(22)29)34-16-17-15-30-26(31-18-9-11-19(12-10-18)33(2)3)32-25(17)35(27(34)36)20-7-5-6-8-20/h13-15,18-20H,4-12,16H2,1-3H3,(H,30,31,32). The summed E-state index contributed by atoms with van der Waals surface area (Å²) in [7, 11) is 4.24. The number of carbonyl (C=O) groups is 1. The van der Waals surface area contributed by atoms with Gasteiger partial charge in [0.1, 0.15) is 17.3 Å². The lowest BCUT2D eigenvalue weighted by Crippen LogP contribution is -2.52. The maximum atomic E-state index is 15.3. The van der Waals surface area contributed by atoms with Crippen LogP contribution in [-0.4, -0.2) is 59.7 Å². The summed E-state index contributed by atoms with van der Waals surface area (Å²) < 4.78 is 35.6. The molecule has 1 aromatic carbocycles. The number of rotatable bonds is 7. The minimum absolute atomic E-state index is 0.0188. The molecule has 8 nitrogen and oxygen atoms in total. The van der Waals surface area contributed by atoms with Gasteiger partial charge in [-0.2, -0.15) is 4.98 Å². The normalized spacial score (nSPS) is 22.5. The number of nitrogens with zero attached hydrogens (tertiary/aromatic N) is 5. The molecule has 1 aromatic heterocycles. The van der Waals surface area contributed by atoms with Crippen molar-refractivity contribution in [2.24, 2.45) is 0 Å². The van der Waals surface area contributed by atoms with Crippen LogP contribution < -0.4 is 19.9 Å². The maximum absolute atomic E-state index is 15.3. The van der Waals surface area contributed by atoms with Crippen LogP contribution in [-0.2, 0) is 6.54 Å². The first-order valence-corrected chi connectivity index (χ1v) is 13.4. The lowest BCUT2D eigenvalue weighted by atomic mass is 9.91. The lowest BCUT2D eigenvalue weighted by molar-refractivity contribution is 0.221. The fraction of sp³-hybridized carbons (Fsp3) is 0.593. The van der Waals surface area contributed by atoms with Crippen LogP contribution in [0.4, 0.5) is 31.0 Å². The highest BCUT2D eigenvalue weighted by Crippen LogP contribution is 2.39. The zero-order valence-electron chi connectivity index (χ0n) is 21.8. The number of anilines is 3. The van der Waals surface area contributed by atoms with Crippen LogP contribution in [0.3, 0.4) is 0 Å². The Kier molecular flexibility index (Phi) is 7.46. The van der Waals surface area contributed by atoms with E-state index < -0.39 is 23.4 Å². The van der Waals surface area contributed by atoms with Gasteiger partial charge in [-0.05, 0) is 71.7 Å². The summed E-state index contributed by atoms with van der Waals surface area (Å²) in [4.78, 5) is 28.2. The number of fused-ring (bicyclic) bond motifs is 1. The van der Waals surface area contributed by atoms with Crippen LogP contribution in [0.2, 0.25) is 0 Å². The van der Waals surface area contributed by atoms with Gasteiger partial charge in [-0.25, -0.2) is 18.6 Å². The number of carbonyl (C=O) groups excluding carboxylic acids is 1. The van der Waals surface area contributed by atoms with Crippen molar-refractivity contribution in [2.75, 3.05) is 35.8 Å². The van der Waals surface area contributed by atoms with Crippen molar-refractivity contribution in [1.82, 2.24) is 14.9 Å². The van der Waals surface area contributed by atoms with E-state index >= 15 is 4.39 Å². The molecule has 200 valence electrons. The summed E-state index contributed by atoms with van der Waals surface area (Å²) in [5, 5.41) is 3.47. The molecule has 37 heavy (non-hydrogen) atoms. The van der Waals surface area contributed by atoms with Gasteiger partial charge in [-0.1, -0.05) is 12.8 Å². The number of hydrogen-bond donors (Lipinski definition) is 1. The summed E-state index contributed by atoms with van der Waals surface area (Å²) >= 11 is 0. The number of aromatic nitrogens is 2. The van der Waals surface area contributed by atoms with E-state index in [1.807, 2.05) is 0 Å². The van der Waals surface area contributed by atoms with Gasteiger partial charge in [0.15, 0.2) is 11.6 Å². The van der Waals surface area contributed by atoms with Crippen molar-refractivity contribution in [2.45, 2.75) is 83.0 Å². The number of ether oxygens (including phenoxy) is 1. The quantitative estimate of drug-likeness (QED) is 0.539. The fourth-order valence-electron chi connectivity index (χ4n) is 5.87. The van der Waals surface area contributed by atoms with E-state index in [4.69, 9.17) is 9.72 Å². The summed E-state index contributed by atoms with van der Waals surface area (Å²) in [6, 6.07) is 2.71. The van der Waals surface area contributed by atoms with Crippen molar-refractivity contribution in [1.29, 1.82) is 0 Å². The molecule has 10 heteroatoms. The van der Waals surface area contributed by atoms with Gasteiger partial charge >= 0.3 is 6.03 Å². The molecule has 2 aliphatic carbocycles. The van der Waals surface area contributed by atoms with Gasteiger partial charge in [0, 0.05) is 29.9 Å². The van der Waals surface area contributed by atoms with Gasteiger partial charge in [-0.3, -0.25) is 9.80 Å². The SMILES string of the molecule is CCOc1ccc(F)c(N2Cc3cnc(NC4CCC(N(C)C)CC4)nc3N(C3CCCC3)C2=O)c1F. The smallest absolute Gasteiger partial charge is 0.330 e. The first-order chi connectivity index (χ1) is 17.9. The molecule has 0 saturated heterocycles. The van der Waals surface area contributed by atoms with E-state index in [2.05, 4.69) is 29.3 Å². The number of urea groups is 1. The predicted molar refractivity (Wildman–Crippen MR) is 139 cm³/mol. The molecule has 3 aliphatic rings. The Bertz CT molecular complexity index is 1130. The Labute approximate surface area is 217 Å². The molecule has 2 aromatic rings. The van der Waals surface area contributed by atoms with Crippen molar-refractivity contribution in [3.8, 4) is 5.75 Å². The maximum Gasteiger partial charge on any atom is 0.330 e. The monoisotopic (exact) mass is 514 g/mol. The molecular formula is C27H36F2N6O2. The second-order valence-corrected chi connectivity index (χ2v) is 10.5. The molecule has 0 atom stereocenters. The Hall–Kier alpha value is -3.01. The van der Waals surface area contributed by atoms with Crippen molar-refractivity contribution < 1.29 is 18.3 Å². The van der Waals surface area contributed by atoms with E-state index in [1.165, 1.54) is 6.07 Å². The van der Waals surface area contributed by atoms with Crippen LogP contribution in [0, 0.1) is 11.6 Å². The van der Waals surface area contributed by atoms with E-state index in [9.17, 15) is 9.18 Å². The molecule has 0 spiro atoms. The first-order valence-electron chi connectivity index (χ1n) is 13.4. The van der Waals surface area contributed by atoms with E-state index in [0.717, 1.165) is 62.3 Å². The van der Waals surface area contributed by atoms with Gasteiger partial charge in [0.25, 0.3) is 0 Å². The number of amides is 2. The first kappa shape index (κ1) is 25.6. The van der Waals surface area contributed by atoms with Gasteiger partial charge < -0.3 is 15.0 Å². The van der Waals surface area contributed by atoms with Crippen molar-refractivity contribution >= 4 is 23.5 Å². The summed E-state index contributed by atoms with van der Waals surface area (Å²) in [6.07, 6.45) is 9.59. The van der Waals surface area contributed by atoms with Crippen LogP contribution in [0.25, 0.3) is 0 Å². The third-order valence-electron chi connectivity index (χ3n) is 7.89. The van der Waals surface area contributed by atoms with Crippen LogP contribution in [0.5, 0.6) is 5.75 Å². The Balaban J connectivity index is 1.45. The molecule has 0 radical (unpaired) electrons. The molecule has 2 heterocycles. The summed E-state index contributed by atoms with van der Waals surface area (Å²) in [5.74, 6) is -0.736. The minimum atomic E-state index is -0.877. The molecule has 1 aliphatic heterocycles.